The van der Waals surface area contributed by atoms with Crippen molar-refractivity contribution < 1.29 is 0 Å². The minimum Gasteiger partial charge on any atom is -0.378 e. The molecule has 2 aliphatic rings. The molecule has 1 aromatic rings. The smallest absolute Gasteiger partial charge is 0.0372 e. The second kappa shape index (κ2) is 6.27. The summed E-state index contributed by atoms with van der Waals surface area (Å²) in [5.41, 5.74) is 2.71. The Kier molecular flexibility index (Phi) is 4.39. The van der Waals surface area contributed by atoms with Crippen molar-refractivity contribution in [1.29, 1.82) is 0 Å². The standard InChI is InChI=1S/C18H29N3/c1-4-19-14-12-17-6-5-7-18(13-14)21(17)16-10-8-15(9-11-16)20(2)3/h8-11,14,17-19H,4-7,12-13H2,1-3H3. The summed E-state index contributed by atoms with van der Waals surface area (Å²) < 4.78 is 0. The number of nitrogens with zero attached hydrogens (tertiary/aromatic N) is 2. The maximum Gasteiger partial charge on any atom is 0.0372 e. The zero-order valence-electron chi connectivity index (χ0n) is 13.7. The van der Waals surface area contributed by atoms with Gasteiger partial charge in [-0.3, -0.25) is 0 Å². The van der Waals surface area contributed by atoms with Gasteiger partial charge in [-0.25, -0.2) is 0 Å². The van der Waals surface area contributed by atoms with Crippen molar-refractivity contribution in [1.82, 2.24) is 5.32 Å². The summed E-state index contributed by atoms with van der Waals surface area (Å²) in [6.45, 7) is 3.32. The lowest BCUT2D eigenvalue weighted by atomic mass is 9.81. The van der Waals surface area contributed by atoms with Gasteiger partial charge in [0.2, 0.25) is 0 Å². The molecule has 21 heavy (non-hydrogen) atoms. The van der Waals surface area contributed by atoms with Gasteiger partial charge >= 0.3 is 0 Å². The van der Waals surface area contributed by atoms with Crippen LogP contribution in [0.25, 0.3) is 0 Å². The first-order chi connectivity index (χ1) is 10.2. The van der Waals surface area contributed by atoms with E-state index in [-0.39, 0.29) is 0 Å². The summed E-state index contributed by atoms with van der Waals surface area (Å²) in [7, 11) is 4.21. The lowest BCUT2D eigenvalue weighted by molar-refractivity contribution is 0.247. The average Bonchev–Trinajstić information content (AvgIpc) is 2.47. The van der Waals surface area contributed by atoms with E-state index in [4.69, 9.17) is 0 Å². The fourth-order valence-corrected chi connectivity index (χ4v) is 4.18. The third-order valence-corrected chi connectivity index (χ3v) is 5.13. The number of piperidine rings is 2. The summed E-state index contributed by atoms with van der Waals surface area (Å²) in [4.78, 5) is 4.89. The van der Waals surface area contributed by atoms with Crippen LogP contribution in [-0.4, -0.2) is 38.8 Å². The second-order valence-corrected chi connectivity index (χ2v) is 6.78. The monoisotopic (exact) mass is 287 g/mol. The first-order valence-electron chi connectivity index (χ1n) is 8.48. The molecule has 0 aliphatic carbocycles. The molecule has 2 fully saturated rings. The molecule has 2 bridgehead atoms. The second-order valence-electron chi connectivity index (χ2n) is 6.78. The Morgan fingerprint density at radius 2 is 1.71 bits per heavy atom. The average molecular weight is 287 g/mol. The molecule has 3 nitrogen and oxygen atoms in total. The van der Waals surface area contributed by atoms with Crippen molar-refractivity contribution in [2.24, 2.45) is 0 Å². The van der Waals surface area contributed by atoms with Crippen molar-refractivity contribution in [3.8, 4) is 0 Å². The van der Waals surface area contributed by atoms with E-state index in [1.165, 1.54) is 43.5 Å². The number of anilines is 2. The normalized spacial score (nSPS) is 28.5. The van der Waals surface area contributed by atoms with E-state index in [1.807, 2.05) is 0 Å². The molecule has 0 aromatic heterocycles. The van der Waals surface area contributed by atoms with Crippen LogP contribution in [0.5, 0.6) is 0 Å². The Morgan fingerprint density at radius 1 is 1.10 bits per heavy atom. The Labute approximate surface area is 129 Å². The molecular weight excluding hydrogens is 258 g/mol. The molecule has 0 spiro atoms. The van der Waals surface area contributed by atoms with Crippen LogP contribution in [0.15, 0.2) is 24.3 Å². The highest BCUT2D eigenvalue weighted by atomic mass is 15.2. The summed E-state index contributed by atoms with van der Waals surface area (Å²) in [5.74, 6) is 0. The van der Waals surface area contributed by atoms with E-state index in [2.05, 4.69) is 60.4 Å². The van der Waals surface area contributed by atoms with Gasteiger partial charge in [0.25, 0.3) is 0 Å². The van der Waals surface area contributed by atoms with Crippen LogP contribution in [0.3, 0.4) is 0 Å². The van der Waals surface area contributed by atoms with E-state index in [9.17, 15) is 0 Å². The molecular formula is C18H29N3. The van der Waals surface area contributed by atoms with Crippen molar-refractivity contribution in [2.75, 3.05) is 30.4 Å². The lowest BCUT2D eigenvalue weighted by Gasteiger charge is -2.50. The minimum atomic E-state index is 0.725. The Bertz CT molecular complexity index is 440. The van der Waals surface area contributed by atoms with Crippen LogP contribution in [-0.2, 0) is 0 Å². The minimum absolute atomic E-state index is 0.725. The number of nitrogens with one attached hydrogen (secondary N) is 1. The van der Waals surface area contributed by atoms with Crippen molar-refractivity contribution in [2.45, 2.75) is 57.2 Å². The van der Waals surface area contributed by atoms with E-state index in [0.717, 1.165) is 24.7 Å². The molecule has 1 aromatic carbocycles. The van der Waals surface area contributed by atoms with E-state index in [1.54, 1.807) is 0 Å². The molecule has 2 atom stereocenters. The predicted octanol–water partition coefficient (Wildman–Crippen LogP) is 3.25. The van der Waals surface area contributed by atoms with Crippen LogP contribution >= 0.6 is 0 Å². The number of rotatable bonds is 4. The van der Waals surface area contributed by atoms with Crippen molar-refractivity contribution in [3.05, 3.63) is 24.3 Å². The van der Waals surface area contributed by atoms with Crippen molar-refractivity contribution >= 4 is 11.4 Å². The van der Waals surface area contributed by atoms with E-state index >= 15 is 0 Å². The van der Waals surface area contributed by atoms with Gasteiger partial charge in [-0.05, 0) is 62.9 Å². The van der Waals surface area contributed by atoms with Gasteiger partial charge in [0, 0.05) is 43.6 Å². The molecule has 0 amide bonds. The van der Waals surface area contributed by atoms with E-state index in [0.29, 0.717) is 0 Å². The molecule has 2 saturated heterocycles. The summed E-state index contributed by atoms with van der Waals surface area (Å²) in [6.07, 6.45) is 6.72. The molecule has 0 saturated carbocycles. The van der Waals surface area contributed by atoms with Crippen LogP contribution in [0.4, 0.5) is 11.4 Å². The molecule has 3 heteroatoms. The van der Waals surface area contributed by atoms with Crippen LogP contribution in [0.2, 0.25) is 0 Å². The summed E-state index contributed by atoms with van der Waals surface area (Å²) >= 11 is 0. The Balaban J connectivity index is 1.78. The SMILES string of the molecule is CCNC1CC2CCCC(C1)N2c1ccc(N(C)C)cc1. The number of hydrogen-bond donors (Lipinski definition) is 1. The number of hydrogen-bond acceptors (Lipinski definition) is 3. The molecule has 2 aliphatic heterocycles. The molecule has 2 heterocycles. The molecule has 1 N–H and O–H groups in total. The third-order valence-electron chi connectivity index (χ3n) is 5.13. The highest BCUT2D eigenvalue weighted by Crippen LogP contribution is 2.38. The van der Waals surface area contributed by atoms with Gasteiger partial charge in [-0.2, -0.15) is 0 Å². The van der Waals surface area contributed by atoms with Crippen LogP contribution < -0.4 is 15.1 Å². The molecule has 116 valence electrons. The topological polar surface area (TPSA) is 18.5 Å². The number of benzene rings is 1. The van der Waals surface area contributed by atoms with Crippen LogP contribution in [0.1, 0.15) is 39.0 Å². The van der Waals surface area contributed by atoms with Gasteiger partial charge in [-0.15, -0.1) is 0 Å². The molecule has 3 rings (SSSR count). The Hall–Kier alpha value is -1.22. The fraction of sp³-hybridized carbons (Fsp3) is 0.667. The van der Waals surface area contributed by atoms with Gasteiger partial charge in [0.05, 0.1) is 0 Å². The highest BCUT2D eigenvalue weighted by molar-refractivity contribution is 5.57. The van der Waals surface area contributed by atoms with Gasteiger partial charge in [0.1, 0.15) is 0 Å². The lowest BCUT2D eigenvalue weighted by Crippen LogP contribution is -2.56. The quantitative estimate of drug-likeness (QED) is 0.917. The third kappa shape index (κ3) is 3.03. The summed E-state index contributed by atoms with van der Waals surface area (Å²) in [5, 5.41) is 3.68. The van der Waals surface area contributed by atoms with Gasteiger partial charge in [0.15, 0.2) is 0 Å². The molecule has 0 radical (unpaired) electrons. The maximum atomic E-state index is 3.68. The van der Waals surface area contributed by atoms with Gasteiger partial charge < -0.3 is 15.1 Å². The highest BCUT2D eigenvalue weighted by Gasteiger charge is 2.37. The Morgan fingerprint density at radius 3 is 2.24 bits per heavy atom. The maximum absolute atomic E-state index is 3.68. The first kappa shape index (κ1) is 14.7. The zero-order chi connectivity index (χ0) is 14.8. The summed E-state index contributed by atoms with van der Waals surface area (Å²) in [6, 6.07) is 11.3. The first-order valence-corrected chi connectivity index (χ1v) is 8.48. The van der Waals surface area contributed by atoms with E-state index < -0.39 is 0 Å². The zero-order valence-corrected chi connectivity index (χ0v) is 13.7. The largest absolute Gasteiger partial charge is 0.378 e. The van der Waals surface area contributed by atoms with Crippen LogP contribution in [0, 0.1) is 0 Å². The fourth-order valence-electron chi connectivity index (χ4n) is 4.18. The van der Waals surface area contributed by atoms with Crippen molar-refractivity contribution in [3.63, 3.8) is 0 Å². The van der Waals surface area contributed by atoms with Gasteiger partial charge in [-0.1, -0.05) is 6.92 Å². The predicted molar refractivity (Wildman–Crippen MR) is 91.4 cm³/mol. The molecule has 2 unspecified atom stereocenters. The number of fused-ring (bicyclic) bond motifs is 2.